The van der Waals surface area contributed by atoms with Gasteiger partial charge in [-0.1, -0.05) is 6.07 Å². The Morgan fingerprint density at radius 1 is 1.31 bits per heavy atom. The summed E-state index contributed by atoms with van der Waals surface area (Å²) in [4.78, 5) is 0. The molecule has 0 unspecified atom stereocenters. The molecule has 0 radical (unpaired) electrons. The third-order valence-corrected chi connectivity index (χ3v) is 4.18. The van der Waals surface area contributed by atoms with Gasteiger partial charge in [0.25, 0.3) is 0 Å². The van der Waals surface area contributed by atoms with Gasteiger partial charge in [0.1, 0.15) is 5.44 Å². The molecule has 2 aliphatic heterocycles. The summed E-state index contributed by atoms with van der Waals surface area (Å²) in [5, 5.41) is 0. The standard InChI is InChI=1S/C11H11ClO3S/c12-4-8-5-16-11(15-8)7-1-2-9-10(3-7)14-6-13-9/h1-3,8,11H,4-6H2/t8-,11-/m1/s1. The molecule has 0 spiro atoms. The zero-order valence-corrected chi connectivity index (χ0v) is 10.1. The number of alkyl halides is 1. The van der Waals surface area contributed by atoms with E-state index in [0.29, 0.717) is 12.7 Å². The highest BCUT2D eigenvalue weighted by atomic mass is 35.5. The molecule has 0 N–H and O–H groups in total. The summed E-state index contributed by atoms with van der Waals surface area (Å²) in [6, 6.07) is 5.92. The predicted molar refractivity (Wildman–Crippen MR) is 63.4 cm³/mol. The van der Waals surface area contributed by atoms with Gasteiger partial charge in [-0.15, -0.1) is 23.4 Å². The van der Waals surface area contributed by atoms with Crippen molar-refractivity contribution in [3.8, 4) is 11.5 Å². The van der Waals surface area contributed by atoms with E-state index >= 15 is 0 Å². The Labute approximate surface area is 103 Å². The van der Waals surface area contributed by atoms with Crippen molar-refractivity contribution in [3.63, 3.8) is 0 Å². The highest BCUT2D eigenvalue weighted by molar-refractivity contribution is 7.99. The first-order valence-electron chi connectivity index (χ1n) is 5.09. The van der Waals surface area contributed by atoms with Crippen LogP contribution in [-0.2, 0) is 4.74 Å². The normalized spacial score (nSPS) is 27.3. The zero-order chi connectivity index (χ0) is 11.0. The Hall–Kier alpha value is -0.580. The number of hydrogen-bond donors (Lipinski definition) is 0. The maximum atomic E-state index is 5.79. The van der Waals surface area contributed by atoms with E-state index in [4.69, 9.17) is 25.8 Å². The van der Waals surface area contributed by atoms with Gasteiger partial charge < -0.3 is 14.2 Å². The molecule has 1 aromatic rings. The topological polar surface area (TPSA) is 27.7 Å². The van der Waals surface area contributed by atoms with Crippen LogP contribution in [0.4, 0.5) is 0 Å². The van der Waals surface area contributed by atoms with Crippen LogP contribution in [0.1, 0.15) is 11.0 Å². The second-order valence-electron chi connectivity index (χ2n) is 3.69. The molecule has 0 aliphatic carbocycles. The minimum Gasteiger partial charge on any atom is -0.454 e. The molecule has 5 heteroatoms. The van der Waals surface area contributed by atoms with Crippen LogP contribution in [0.5, 0.6) is 11.5 Å². The summed E-state index contributed by atoms with van der Waals surface area (Å²) in [6.07, 6.45) is 0.155. The molecule has 1 saturated heterocycles. The van der Waals surface area contributed by atoms with Gasteiger partial charge in [-0.25, -0.2) is 0 Å². The lowest BCUT2D eigenvalue weighted by Crippen LogP contribution is -2.10. The molecule has 2 aliphatic rings. The lowest BCUT2D eigenvalue weighted by molar-refractivity contribution is 0.0809. The third-order valence-electron chi connectivity index (χ3n) is 2.59. The number of hydrogen-bond acceptors (Lipinski definition) is 4. The molecule has 0 bridgehead atoms. The monoisotopic (exact) mass is 258 g/mol. The fraction of sp³-hybridized carbons (Fsp3) is 0.455. The van der Waals surface area contributed by atoms with Gasteiger partial charge in [0.15, 0.2) is 11.5 Å². The Morgan fingerprint density at radius 2 is 2.19 bits per heavy atom. The van der Waals surface area contributed by atoms with E-state index in [1.54, 1.807) is 11.8 Å². The largest absolute Gasteiger partial charge is 0.454 e. The highest BCUT2D eigenvalue weighted by Gasteiger charge is 2.27. The maximum Gasteiger partial charge on any atom is 0.231 e. The summed E-state index contributed by atoms with van der Waals surface area (Å²) < 4.78 is 16.4. The summed E-state index contributed by atoms with van der Waals surface area (Å²) in [5.74, 6) is 3.10. The molecule has 1 aromatic carbocycles. The van der Waals surface area contributed by atoms with Gasteiger partial charge in [-0.3, -0.25) is 0 Å². The molecule has 0 aromatic heterocycles. The second-order valence-corrected chi connectivity index (χ2v) is 5.09. The first-order chi connectivity index (χ1) is 7.86. The van der Waals surface area contributed by atoms with Gasteiger partial charge >= 0.3 is 0 Å². The molecule has 2 heterocycles. The van der Waals surface area contributed by atoms with Gasteiger partial charge in [0.05, 0.1) is 6.10 Å². The Kier molecular flexibility index (Phi) is 2.88. The minimum atomic E-state index is 0.0678. The Morgan fingerprint density at radius 3 is 3.00 bits per heavy atom. The highest BCUT2D eigenvalue weighted by Crippen LogP contribution is 2.42. The maximum absolute atomic E-state index is 5.79. The quantitative estimate of drug-likeness (QED) is 0.763. The molecular formula is C11H11ClO3S. The van der Waals surface area contributed by atoms with E-state index in [1.165, 1.54) is 0 Å². The SMILES string of the molecule is ClC[C@@H]1CS[C@H](c2ccc3c(c2)OCO3)O1. The summed E-state index contributed by atoms with van der Waals surface area (Å²) in [7, 11) is 0. The van der Waals surface area contributed by atoms with Crippen LogP contribution >= 0.6 is 23.4 Å². The summed E-state index contributed by atoms with van der Waals surface area (Å²) >= 11 is 7.54. The van der Waals surface area contributed by atoms with E-state index in [2.05, 4.69) is 0 Å². The number of fused-ring (bicyclic) bond motifs is 1. The van der Waals surface area contributed by atoms with Gasteiger partial charge in [-0.2, -0.15) is 0 Å². The molecule has 3 nitrogen and oxygen atoms in total. The molecule has 1 fully saturated rings. The van der Waals surface area contributed by atoms with Crippen molar-refractivity contribution < 1.29 is 14.2 Å². The van der Waals surface area contributed by atoms with Crippen LogP contribution in [0.2, 0.25) is 0 Å². The van der Waals surface area contributed by atoms with Gasteiger partial charge in [0, 0.05) is 11.6 Å². The van der Waals surface area contributed by atoms with E-state index in [0.717, 1.165) is 22.8 Å². The minimum absolute atomic E-state index is 0.0678. The molecule has 0 amide bonds. The first kappa shape index (κ1) is 10.6. The van der Waals surface area contributed by atoms with Gasteiger partial charge in [-0.05, 0) is 17.7 Å². The zero-order valence-electron chi connectivity index (χ0n) is 8.52. The van der Waals surface area contributed by atoms with Crippen LogP contribution in [-0.4, -0.2) is 24.5 Å². The first-order valence-corrected chi connectivity index (χ1v) is 6.68. The van der Waals surface area contributed by atoms with Crippen molar-refractivity contribution >= 4 is 23.4 Å². The number of halogens is 1. The van der Waals surface area contributed by atoms with Gasteiger partial charge in [0.2, 0.25) is 6.79 Å². The number of thioether (sulfide) groups is 1. The average Bonchev–Trinajstić information content (AvgIpc) is 2.96. The molecular weight excluding hydrogens is 248 g/mol. The van der Waals surface area contributed by atoms with Crippen molar-refractivity contribution in [2.24, 2.45) is 0 Å². The Bertz CT molecular complexity index is 399. The van der Waals surface area contributed by atoms with E-state index in [1.807, 2.05) is 18.2 Å². The fourth-order valence-electron chi connectivity index (χ4n) is 1.76. The van der Waals surface area contributed by atoms with Crippen LogP contribution in [0.3, 0.4) is 0 Å². The van der Waals surface area contributed by atoms with E-state index in [-0.39, 0.29) is 11.5 Å². The van der Waals surface area contributed by atoms with Crippen LogP contribution in [0.25, 0.3) is 0 Å². The van der Waals surface area contributed by atoms with Crippen molar-refractivity contribution in [2.45, 2.75) is 11.5 Å². The van der Waals surface area contributed by atoms with Crippen molar-refractivity contribution in [1.29, 1.82) is 0 Å². The fourth-order valence-corrected chi connectivity index (χ4v) is 3.24. The molecule has 86 valence electrons. The number of ether oxygens (including phenoxy) is 3. The molecule has 0 saturated carbocycles. The predicted octanol–water partition coefficient (Wildman–Crippen LogP) is 2.78. The van der Waals surface area contributed by atoms with Crippen LogP contribution < -0.4 is 9.47 Å². The van der Waals surface area contributed by atoms with Crippen LogP contribution in [0.15, 0.2) is 18.2 Å². The second kappa shape index (κ2) is 4.35. The summed E-state index contributed by atoms with van der Waals surface area (Å²) in [6.45, 7) is 0.307. The lowest BCUT2D eigenvalue weighted by atomic mass is 10.2. The van der Waals surface area contributed by atoms with Crippen molar-refractivity contribution in [3.05, 3.63) is 23.8 Å². The van der Waals surface area contributed by atoms with Crippen molar-refractivity contribution in [1.82, 2.24) is 0 Å². The Balaban J connectivity index is 1.80. The molecule has 16 heavy (non-hydrogen) atoms. The summed E-state index contributed by atoms with van der Waals surface area (Å²) in [5.41, 5.74) is 1.18. The lowest BCUT2D eigenvalue weighted by Gasteiger charge is -2.11. The smallest absolute Gasteiger partial charge is 0.231 e. The van der Waals surface area contributed by atoms with Crippen LogP contribution in [0, 0.1) is 0 Å². The van der Waals surface area contributed by atoms with Crippen molar-refractivity contribution in [2.75, 3.05) is 18.4 Å². The van der Waals surface area contributed by atoms with E-state index in [9.17, 15) is 0 Å². The third kappa shape index (κ3) is 1.85. The van der Waals surface area contributed by atoms with E-state index < -0.39 is 0 Å². The average molecular weight is 259 g/mol. The molecule has 2 atom stereocenters. The number of benzene rings is 1. The number of rotatable bonds is 2. The molecule has 3 rings (SSSR count).